The number of hydrogen-bond acceptors (Lipinski definition) is 10. The Hall–Kier alpha value is -3.68. The van der Waals surface area contributed by atoms with Crippen molar-refractivity contribution in [3.63, 3.8) is 0 Å². The Labute approximate surface area is 424 Å². The molecular formula is C59H97NO10. The van der Waals surface area contributed by atoms with Crippen LogP contribution in [-0.4, -0.2) is 99.6 Å². The smallest absolute Gasteiger partial charge is 0.306 e. The maximum Gasteiger partial charge on any atom is 0.306 e. The number of unbranched alkanes of at least 4 members (excludes halogenated alkanes) is 17. The van der Waals surface area contributed by atoms with Crippen LogP contribution in [0.4, 0.5) is 0 Å². The lowest BCUT2D eigenvalue weighted by atomic mass is 9.99. The van der Waals surface area contributed by atoms with Crippen molar-refractivity contribution < 1.29 is 49.3 Å². The molecule has 1 saturated heterocycles. The van der Waals surface area contributed by atoms with Crippen molar-refractivity contribution in [1.82, 2.24) is 5.32 Å². The fourth-order valence-corrected chi connectivity index (χ4v) is 7.68. The van der Waals surface area contributed by atoms with Crippen LogP contribution in [0.1, 0.15) is 188 Å². The van der Waals surface area contributed by atoms with Crippen molar-refractivity contribution in [1.29, 1.82) is 0 Å². The molecule has 1 heterocycles. The summed E-state index contributed by atoms with van der Waals surface area (Å²) in [6, 6.07) is -1.07. The molecule has 1 rings (SSSR count). The van der Waals surface area contributed by atoms with E-state index >= 15 is 0 Å². The second-order valence-electron chi connectivity index (χ2n) is 18.3. The third kappa shape index (κ3) is 34.6. The summed E-state index contributed by atoms with van der Waals surface area (Å²) in [6.45, 7) is 5.51. The van der Waals surface area contributed by atoms with E-state index in [0.29, 0.717) is 12.8 Å². The summed E-state index contributed by atoms with van der Waals surface area (Å²) in [5, 5.41) is 56.5. The summed E-state index contributed by atoms with van der Waals surface area (Å²) in [4.78, 5) is 26.4. The van der Waals surface area contributed by atoms with Gasteiger partial charge in [-0.1, -0.05) is 214 Å². The summed E-state index contributed by atoms with van der Waals surface area (Å²) in [6.07, 6.45) is 51.5. The lowest BCUT2D eigenvalue weighted by Gasteiger charge is -2.41. The molecule has 0 aromatic rings. The zero-order valence-corrected chi connectivity index (χ0v) is 43.6. The van der Waals surface area contributed by atoms with Gasteiger partial charge in [-0.2, -0.15) is 0 Å². The second-order valence-corrected chi connectivity index (χ2v) is 18.3. The first-order valence-corrected chi connectivity index (χ1v) is 27.2. The molecular weight excluding hydrogens is 883 g/mol. The van der Waals surface area contributed by atoms with Gasteiger partial charge in [-0.25, -0.2) is 0 Å². The number of aliphatic hydroxyl groups excluding tert-OH is 5. The number of carbonyl (C=O) groups excluding carboxylic acids is 2. The van der Waals surface area contributed by atoms with Crippen LogP contribution < -0.4 is 5.32 Å². The maximum atomic E-state index is 13.3. The van der Waals surface area contributed by atoms with Gasteiger partial charge in [0.2, 0.25) is 5.91 Å². The number of rotatable bonds is 43. The Balaban J connectivity index is 2.82. The Morgan fingerprint density at radius 2 is 1.09 bits per heavy atom. The van der Waals surface area contributed by atoms with Crippen LogP contribution >= 0.6 is 0 Å². The van der Waals surface area contributed by atoms with E-state index in [-0.39, 0.29) is 19.4 Å². The van der Waals surface area contributed by atoms with Crippen molar-refractivity contribution in [2.75, 3.05) is 13.2 Å². The lowest BCUT2D eigenvalue weighted by molar-refractivity contribution is -0.305. The topological polar surface area (TPSA) is 175 Å². The zero-order chi connectivity index (χ0) is 51.1. The van der Waals surface area contributed by atoms with Gasteiger partial charge in [-0.15, -0.1) is 0 Å². The standard InChI is InChI=1S/C59H97NO10/c1-4-7-10-13-16-19-22-25-26-27-28-29-32-35-38-41-44-47-54(64)70-57-56(66)55(65)53(48-61)69-59(57)68-49-50(51(62)45-42-39-36-33-30-23-20-17-14-11-8-5-2)60-58(67)52(63)46-43-40-37-34-31-24-21-18-15-12-9-6-3/h9,12,15-16,18-19,21,24-26,28-29,31,34,37,40,42,45,50-53,55-57,59,61-63,65-66H,4-8,10-11,13-14,17,20,22-23,27,30,32-33,35-36,38-39,41,43-44,46-49H2,1-3H3,(H,60,67)/b12-9+,18-15+,19-16-,24-21-,26-25-,29-28-,34-31-,40-37+,45-42+. The summed E-state index contributed by atoms with van der Waals surface area (Å²) >= 11 is 0. The average molecular weight is 980 g/mol. The van der Waals surface area contributed by atoms with E-state index < -0.39 is 67.4 Å². The molecule has 8 atom stereocenters. The number of allylic oxidation sites excluding steroid dienone is 17. The Morgan fingerprint density at radius 1 is 0.586 bits per heavy atom. The molecule has 1 fully saturated rings. The summed E-state index contributed by atoms with van der Waals surface area (Å²) in [7, 11) is 0. The van der Waals surface area contributed by atoms with Crippen molar-refractivity contribution in [3.05, 3.63) is 109 Å². The van der Waals surface area contributed by atoms with E-state index in [4.69, 9.17) is 14.2 Å². The van der Waals surface area contributed by atoms with Gasteiger partial charge in [-0.05, 0) is 77.0 Å². The first-order chi connectivity index (χ1) is 34.2. The summed E-state index contributed by atoms with van der Waals surface area (Å²) in [5.74, 6) is -1.31. The predicted octanol–water partition coefficient (Wildman–Crippen LogP) is 11.8. The fraction of sp³-hybridized carbons (Fsp3) is 0.661. The zero-order valence-electron chi connectivity index (χ0n) is 43.6. The minimum Gasteiger partial charge on any atom is -0.454 e. The highest BCUT2D eigenvalue weighted by Gasteiger charge is 2.47. The molecule has 0 radical (unpaired) electrons. The molecule has 0 aliphatic carbocycles. The molecule has 11 nitrogen and oxygen atoms in total. The average Bonchev–Trinajstić information content (AvgIpc) is 3.36. The van der Waals surface area contributed by atoms with Crippen LogP contribution in [0.3, 0.4) is 0 Å². The van der Waals surface area contributed by atoms with Gasteiger partial charge in [0, 0.05) is 6.42 Å². The summed E-state index contributed by atoms with van der Waals surface area (Å²) < 4.78 is 17.5. The van der Waals surface area contributed by atoms with E-state index in [1.54, 1.807) is 6.08 Å². The Kier molecular flexibility index (Phi) is 42.6. The molecule has 8 unspecified atom stereocenters. The number of amides is 1. The monoisotopic (exact) mass is 980 g/mol. The fourth-order valence-electron chi connectivity index (χ4n) is 7.68. The van der Waals surface area contributed by atoms with Gasteiger partial charge >= 0.3 is 5.97 Å². The second kappa shape index (κ2) is 46.4. The number of ether oxygens (including phenoxy) is 3. The van der Waals surface area contributed by atoms with E-state index in [1.165, 1.54) is 64.2 Å². The van der Waals surface area contributed by atoms with Crippen LogP contribution in [0.2, 0.25) is 0 Å². The predicted molar refractivity (Wildman–Crippen MR) is 287 cm³/mol. The largest absolute Gasteiger partial charge is 0.454 e. The van der Waals surface area contributed by atoms with Crippen LogP contribution in [0.5, 0.6) is 0 Å². The Bertz CT molecular complexity index is 1550. The number of nitrogens with one attached hydrogen (secondary N) is 1. The van der Waals surface area contributed by atoms with Gasteiger partial charge in [0.25, 0.3) is 0 Å². The molecule has 398 valence electrons. The highest BCUT2D eigenvalue weighted by molar-refractivity contribution is 5.80. The first-order valence-electron chi connectivity index (χ1n) is 27.2. The van der Waals surface area contributed by atoms with Gasteiger partial charge in [0.05, 0.1) is 25.4 Å². The molecule has 1 amide bonds. The number of carbonyl (C=O) groups is 2. The molecule has 0 aromatic carbocycles. The van der Waals surface area contributed by atoms with Crippen LogP contribution in [0.15, 0.2) is 109 Å². The van der Waals surface area contributed by atoms with Crippen molar-refractivity contribution >= 4 is 11.9 Å². The molecule has 0 spiro atoms. The normalized spacial score (nSPS) is 20.6. The highest BCUT2D eigenvalue weighted by atomic mass is 16.7. The van der Waals surface area contributed by atoms with Gasteiger partial charge in [-0.3, -0.25) is 9.59 Å². The lowest BCUT2D eigenvalue weighted by Crippen LogP contribution is -2.61. The van der Waals surface area contributed by atoms with E-state index in [1.807, 2.05) is 60.8 Å². The minimum atomic E-state index is -1.64. The molecule has 0 aromatic heterocycles. The number of hydrogen-bond donors (Lipinski definition) is 6. The van der Waals surface area contributed by atoms with Crippen molar-refractivity contribution in [3.8, 4) is 0 Å². The van der Waals surface area contributed by atoms with E-state index in [2.05, 4.69) is 68.6 Å². The van der Waals surface area contributed by atoms with E-state index in [0.717, 1.165) is 77.0 Å². The van der Waals surface area contributed by atoms with Crippen LogP contribution in [0.25, 0.3) is 0 Å². The van der Waals surface area contributed by atoms with Gasteiger partial charge in [0.1, 0.15) is 24.4 Å². The molecule has 70 heavy (non-hydrogen) atoms. The van der Waals surface area contributed by atoms with Crippen LogP contribution in [0, 0.1) is 0 Å². The van der Waals surface area contributed by atoms with Crippen molar-refractivity contribution in [2.24, 2.45) is 0 Å². The molecule has 1 aliphatic rings. The third-order valence-electron chi connectivity index (χ3n) is 12.0. The number of aliphatic hydroxyl groups is 5. The molecule has 11 heteroatoms. The van der Waals surface area contributed by atoms with Gasteiger partial charge < -0.3 is 45.1 Å². The maximum absolute atomic E-state index is 13.3. The molecule has 6 N–H and O–H groups in total. The summed E-state index contributed by atoms with van der Waals surface area (Å²) in [5.41, 5.74) is 0. The van der Waals surface area contributed by atoms with E-state index in [9.17, 15) is 35.1 Å². The minimum absolute atomic E-state index is 0.0829. The molecule has 1 aliphatic heterocycles. The van der Waals surface area contributed by atoms with Crippen LogP contribution in [-0.2, 0) is 23.8 Å². The SMILES string of the molecule is CC/C=C/C=C/C=C\C=C/C=C/CCC(O)C(=O)NC(COC1OC(CO)C(O)C(O)C1OC(=O)CCCCCC/C=C\C/C=C\C/C=C\CCCCC)C(O)/C=C/CCCCCCCCCCCC. The highest BCUT2D eigenvalue weighted by Crippen LogP contribution is 2.26. The Morgan fingerprint density at radius 3 is 1.67 bits per heavy atom. The first kappa shape index (κ1) is 64.3. The molecule has 0 saturated carbocycles. The third-order valence-corrected chi connectivity index (χ3v) is 12.0. The molecule has 0 bridgehead atoms. The van der Waals surface area contributed by atoms with Crippen molar-refractivity contribution in [2.45, 2.75) is 237 Å². The quantitative estimate of drug-likeness (QED) is 0.0149. The number of esters is 1. The van der Waals surface area contributed by atoms with Gasteiger partial charge in [0.15, 0.2) is 12.4 Å².